The molecule has 0 aliphatic carbocycles. The number of carbonyl (C=O) groups is 3. The maximum absolute atomic E-state index is 13.3. The van der Waals surface area contributed by atoms with E-state index in [2.05, 4.69) is 10.6 Å². The topological polar surface area (TPSA) is 87.7 Å². The van der Waals surface area contributed by atoms with Crippen molar-refractivity contribution in [1.29, 1.82) is 0 Å². The highest BCUT2D eigenvalue weighted by molar-refractivity contribution is 6.06. The van der Waals surface area contributed by atoms with Crippen LogP contribution in [0.25, 0.3) is 11.1 Å². The zero-order valence-corrected chi connectivity index (χ0v) is 20.0. The fourth-order valence-corrected chi connectivity index (χ4v) is 4.12. The van der Waals surface area contributed by atoms with Gasteiger partial charge in [-0.3, -0.25) is 9.59 Å². The Balaban J connectivity index is 1.43. The molecule has 0 aromatic heterocycles. The summed E-state index contributed by atoms with van der Waals surface area (Å²) in [5.74, 6) is -1.08. The number of benzene rings is 3. The van der Waals surface area contributed by atoms with Gasteiger partial charge in [0.25, 0.3) is 11.8 Å². The van der Waals surface area contributed by atoms with Crippen molar-refractivity contribution in [2.24, 2.45) is 0 Å². The number of para-hydroxylation sites is 1. The first-order chi connectivity index (χ1) is 17.6. The maximum atomic E-state index is 13.3. The third kappa shape index (κ3) is 5.58. The Morgan fingerprint density at radius 2 is 1.68 bits per heavy atom. The summed E-state index contributed by atoms with van der Waals surface area (Å²) >= 11 is 0. The molecule has 2 atom stereocenters. The molecule has 37 heavy (non-hydrogen) atoms. The molecule has 1 aliphatic heterocycles. The lowest BCUT2D eigenvalue weighted by Crippen LogP contribution is -2.45. The summed E-state index contributed by atoms with van der Waals surface area (Å²) in [5.41, 5.74) is 2.28. The van der Waals surface area contributed by atoms with Crippen LogP contribution in [0.2, 0.25) is 0 Å². The van der Waals surface area contributed by atoms with E-state index in [-0.39, 0.29) is 18.0 Å². The Labute approximate surface area is 211 Å². The standard InChI is InChI=1S/C27H24F3N3O4/c1-16(37-26(36)31-15-17-8-7-9-18(14-17)27(28,29)30)24(34)32-23-21-12-4-3-10-19(21)20-11-5-6-13-22(20)33(2)25(23)35/h3-14,16,23H,15H2,1-2H3,(H,31,36)(H,32,34)/t16-,23?/m0/s1. The Kier molecular flexibility index (Phi) is 7.19. The molecular weight excluding hydrogens is 487 g/mol. The van der Waals surface area contributed by atoms with E-state index < -0.39 is 35.9 Å². The first-order valence-electron chi connectivity index (χ1n) is 11.4. The third-order valence-corrected chi connectivity index (χ3v) is 6.04. The number of nitrogens with zero attached hydrogens (tertiary/aromatic N) is 1. The molecule has 3 aromatic rings. The number of alkyl halides is 3. The number of carbonyl (C=O) groups excluding carboxylic acids is 3. The lowest BCUT2D eigenvalue weighted by molar-refractivity contribution is -0.137. The van der Waals surface area contributed by atoms with Crippen LogP contribution in [0, 0.1) is 0 Å². The quantitative estimate of drug-likeness (QED) is 0.514. The molecule has 0 fully saturated rings. The van der Waals surface area contributed by atoms with Gasteiger partial charge >= 0.3 is 12.3 Å². The van der Waals surface area contributed by atoms with E-state index in [1.165, 1.54) is 24.0 Å². The van der Waals surface area contributed by atoms with Crippen LogP contribution in [0.4, 0.5) is 23.7 Å². The molecule has 4 rings (SSSR count). The van der Waals surface area contributed by atoms with Crippen molar-refractivity contribution in [3.8, 4) is 11.1 Å². The molecule has 192 valence electrons. The number of rotatable bonds is 5. The van der Waals surface area contributed by atoms with E-state index in [4.69, 9.17) is 4.74 Å². The first-order valence-corrected chi connectivity index (χ1v) is 11.4. The number of hydrogen-bond donors (Lipinski definition) is 2. The van der Waals surface area contributed by atoms with Gasteiger partial charge in [-0.1, -0.05) is 54.6 Å². The van der Waals surface area contributed by atoms with E-state index in [1.54, 1.807) is 19.2 Å². The SMILES string of the molecule is C[C@H](OC(=O)NCc1cccc(C(F)(F)F)c1)C(=O)NC1C(=O)N(C)c2ccccc2-c2ccccc21. The molecule has 0 radical (unpaired) electrons. The van der Waals surface area contributed by atoms with Crippen molar-refractivity contribution >= 4 is 23.6 Å². The van der Waals surface area contributed by atoms with Crippen LogP contribution in [0.5, 0.6) is 0 Å². The van der Waals surface area contributed by atoms with Gasteiger partial charge in [0, 0.05) is 19.2 Å². The Morgan fingerprint density at radius 3 is 2.41 bits per heavy atom. The normalized spacial score (nSPS) is 15.6. The van der Waals surface area contributed by atoms with Gasteiger partial charge in [-0.15, -0.1) is 0 Å². The first kappa shape index (κ1) is 25.7. The monoisotopic (exact) mass is 511 g/mol. The average Bonchev–Trinajstić information content (AvgIpc) is 2.97. The number of likely N-dealkylation sites (N-methyl/N-ethyl adjacent to an activating group) is 1. The van der Waals surface area contributed by atoms with Gasteiger partial charge in [-0.05, 0) is 41.8 Å². The number of hydrogen-bond acceptors (Lipinski definition) is 4. The zero-order valence-electron chi connectivity index (χ0n) is 20.0. The van der Waals surface area contributed by atoms with E-state index in [0.717, 1.165) is 23.3 Å². The van der Waals surface area contributed by atoms with Gasteiger partial charge in [0.2, 0.25) is 0 Å². The number of ether oxygens (including phenoxy) is 1. The summed E-state index contributed by atoms with van der Waals surface area (Å²) in [6.45, 7) is 1.11. The van der Waals surface area contributed by atoms with E-state index in [1.807, 2.05) is 36.4 Å². The summed E-state index contributed by atoms with van der Waals surface area (Å²) in [6.07, 6.45) is -6.78. The fraction of sp³-hybridized carbons (Fsp3) is 0.222. The molecule has 0 saturated carbocycles. The van der Waals surface area contributed by atoms with E-state index in [9.17, 15) is 27.6 Å². The van der Waals surface area contributed by atoms with Crippen LogP contribution in [-0.4, -0.2) is 31.1 Å². The van der Waals surface area contributed by atoms with Gasteiger partial charge in [-0.25, -0.2) is 4.79 Å². The Morgan fingerprint density at radius 1 is 1.00 bits per heavy atom. The highest BCUT2D eigenvalue weighted by Gasteiger charge is 2.34. The third-order valence-electron chi connectivity index (χ3n) is 6.04. The van der Waals surface area contributed by atoms with Gasteiger partial charge in [0.1, 0.15) is 6.04 Å². The van der Waals surface area contributed by atoms with Crippen molar-refractivity contribution in [3.05, 3.63) is 89.5 Å². The van der Waals surface area contributed by atoms with Crippen LogP contribution in [0.1, 0.15) is 29.7 Å². The zero-order chi connectivity index (χ0) is 26.7. The summed E-state index contributed by atoms with van der Waals surface area (Å²) < 4.78 is 43.8. The minimum Gasteiger partial charge on any atom is -0.436 e. The average molecular weight is 512 g/mol. The van der Waals surface area contributed by atoms with Crippen LogP contribution in [-0.2, 0) is 27.0 Å². The molecule has 1 heterocycles. The molecule has 0 spiro atoms. The van der Waals surface area contributed by atoms with Crippen molar-refractivity contribution in [2.45, 2.75) is 31.8 Å². The van der Waals surface area contributed by atoms with E-state index >= 15 is 0 Å². The Hall–Kier alpha value is -4.34. The number of fused-ring (bicyclic) bond motifs is 3. The lowest BCUT2D eigenvalue weighted by atomic mass is 9.95. The van der Waals surface area contributed by atoms with Gasteiger partial charge in [0.15, 0.2) is 6.10 Å². The van der Waals surface area contributed by atoms with Gasteiger partial charge in [-0.2, -0.15) is 13.2 Å². The van der Waals surface area contributed by atoms with Gasteiger partial charge < -0.3 is 20.3 Å². The minimum absolute atomic E-state index is 0.215. The number of amides is 3. The molecule has 1 aliphatic rings. The molecule has 0 bridgehead atoms. The molecular formula is C27H24F3N3O4. The van der Waals surface area contributed by atoms with Crippen molar-refractivity contribution in [3.63, 3.8) is 0 Å². The van der Waals surface area contributed by atoms with E-state index in [0.29, 0.717) is 11.3 Å². The second-order valence-electron chi connectivity index (χ2n) is 8.54. The predicted octanol–water partition coefficient (Wildman–Crippen LogP) is 4.82. The largest absolute Gasteiger partial charge is 0.436 e. The smallest absolute Gasteiger partial charge is 0.416 e. The molecule has 10 heteroatoms. The predicted molar refractivity (Wildman–Crippen MR) is 130 cm³/mol. The summed E-state index contributed by atoms with van der Waals surface area (Å²) in [5, 5.41) is 5.01. The van der Waals surface area contributed by atoms with Crippen LogP contribution >= 0.6 is 0 Å². The minimum atomic E-state index is -4.51. The second-order valence-corrected chi connectivity index (χ2v) is 8.54. The van der Waals surface area contributed by atoms with Crippen LogP contribution in [0.15, 0.2) is 72.8 Å². The fourth-order valence-electron chi connectivity index (χ4n) is 4.12. The molecule has 2 N–H and O–H groups in total. The van der Waals surface area contributed by atoms with Crippen LogP contribution < -0.4 is 15.5 Å². The van der Waals surface area contributed by atoms with Crippen molar-refractivity contribution in [1.82, 2.24) is 10.6 Å². The summed E-state index contributed by atoms with van der Waals surface area (Å²) in [7, 11) is 1.62. The summed E-state index contributed by atoms with van der Waals surface area (Å²) in [4.78, 5) is 39.9. The molecule has 0 saturated heterocycles. The molecule has 3 amide bonds. The summed E-state index contributed by atoms with van der Waals surface area (Å²) in [6, 6.07) is 18.1. The number of anilines is 1. The molecule has 3 aromatic carbocycles. The highest BCUT2D eigenvalue weighted by Crippen LogP contribution is 2.39. The number of nitrogens with one attached hydrogen (secondary N) is 2. The number of alkyl carbamates (subject to hydrolysis) is 1. The van der Waals surface area contributed by atoms with Crippen molar-refractivity contribution < 1.29 is 32.3 Å². The molecule has 1 unspecified atom stereocenters. The second kappa shape index (κ2) is 10.3. The van der Waals surface area contributed by atoms with Crippen LogP contribution in [0.3, 0.4) is 0 Å². The Bertz CT molecular complexity index is 1340. The lowest BCUT2D eigenvalue weighted by Gasteiger charge is -2.24. The number of halogens is 3. The van der Waals surface area contributed by atoms with Crippen molar-refractivity contribution in [2.75, 3.05) is 11.9 Å². The molecule has 7 nitrogen and oxygen atoms in total. The maximum Gasteiger partial charge on any atom is 0.416 e. The van der Waals surface area contributed by atoms with Gasteiger partial charge in [0.05, 0.1) is 11.3 Å². The highest BCUT2D eigenvalue weighted by atomic mass is 19.4.